The fourth-order valence-electron chi connectivity index (χ4n) is 1.49. The maximum atomic E-state index is 13.3. The molecular formula is C15H13FN2S2. The minimum Gasteiger partial charge on any atom is -0.262 e. The third-order valence-corrected chi connectivity index (χ3v) is 3.75. The summed E-state index contributed by atoms with van der Waals surface area (Å²) in [6.45, 7) is 0. The van der Waals surface area contributed by atoms with Crippen LogP contribution in [0.25, 0.3) is 0 Å². The van der Waals surface area contributed by atoms with Gasteiger partial charge in [0, 0.05) is 11.3 Å². The summed E-state index contributed by atoms with van der Waals surface area (Å²) in [5, 5.41) is 3.94. The number of rotatable bonds is 4. The molecule has 2 aromatic carbocycles. The minimum atomic E-state index is -0.305. The van der Waals surface area contributed by atoms with Crippen molar-refractivity contribution in [3.05, 3.63) is 71.5 Å². The molecule has 0 saturated heterocycles. The van der Waals surface area contributed by atoms with Crippen LogP contribution in [-0.2, 0) is 5.75 Å². The van der Waals surface area contributed by atoms with Crippen LogP contribution < -0.4 is 5.43 Å². The first-order valence-electron chi connectivity index (χ1n) is 6.00. The summed E-state index contributed by atoms with van der Waals surface area (Å²) in [4.78, 5) is 0. The molecule has 2 nitrogen and oxygen atoms in total. The molecule has 0 saturated carbocycles. The van der Waals surface area contributed by atoms with Crippen LogP contribution in [0.3, 0.4) is 0 Å². The van der Waals surface area contributed by atoms with Crippen LogP contribution in [0, 0.1) is 5.82 Å². The summed E-state index contributed by atoms with van der Waals surface area (Å²) in [6, 6.07) is 16.5. The molecule has 0 unspecified atom stereocenters. The summed E-state index contributed by atoms with van der Waals surface area (Å²) < 4.78 is 13.9. The van der Waals surface area contributed by atoms with Crippen molar-refractivity contribution in [2.75, 3.05) is 0 Å². The van der Waals surface area contributed by atoms with Crippen molar-refractivity contribution in [3.63, 3.8) is 0 Å². The Morgan fingerprint density at radius 1 is 1.15 bits per heavy atom. The third-order valence-electron chi connectivity index (χ3n) is 2.48. The van der Waals surface area contributed by atoms with Crippen molar-refractivity contribution in [1.29, 1.82) is 0 Å². The van der Waals surface area contributed by atoms with Gasteiger partial charge in [0.2, 0.25) is 0 Å². The average molecular weight is 304 g/mol. The highest BCUT2D eigenvalue weighted by atomic mass is 32.2. The number of benzene rings is 2. The van der Waals surface area contributed by atoms with Crippen molar-refractivity contribution in [3.8, 4) is 0 Å². The van der Waals surface area contributed by atoms with E-state index >= 15 is 0 Å². The summed E-state index contributed by atoms with van der Waals surface area (Å²) >= 11 is 6.63. The highest BCUT2D eigenvalue weighted by Crippen LogP contribution is 2.12. The minimum absolute atomic E-state index is 0.305. The Labute approximate surface area is 127 Å². The van der Waals surface area contributed by atoms with Crippen molar-refractivity contribution >= 4 is 34.5 Å². The summed E-state index contributed by atoms with van der Waals surface area (Å²) in [6.07, 6.45) is 1.42. The monoisotopic (exact) mass is 304 g/mol. The summed E-state index contributed by atoms with van der Waals surface area (Å²) in [5.74, 6) is 0.475. The Balaban J connectivity index is 1.79. The van der Waals surface area contributed by atoms with Gasteiger partial charge >= 0.3 is 0 Å². The number of thioether (sulfide) groups is 1. The second-order valence-corrected chi connectivity index (χ2v) is 5.61. The zero-order valence-electron chi connectivity index (χ0n) is 10.6. The van der Waals surface area contributed by atoms with Gasteiger partial charge in [-0.1, -0.05) is 72.5 Å². The molecule has 0 aliphatic heterocycles. The lowest BCUT2D eigenvalue weighted by Crippen LogP contribution is -2.11. The molecule has 0 bridgehead atoms. The van der Waals surface area contributed by atoms with Crippen LogP contribution in [0.15, 0.2) is 59.7 Å². The van der Waals surface area contributed by atoms with Gasteiger partial charge in [0.1, 0.15) is 5.82 Å². The second-order valence-electron chi connectivity index (χ2n) is 3.95. The smallest absolute Gasteiger partial charge is 0.154 e. The number of hydrogen-bond acceptors (Lipinski definition) is 3. The molecule has 5 heteroatoms. The van der Waals surface area contributed by atoms with Crippen molar-refractivity contribution < 1.29 is 4.39 Å². The van der Waals surface area contributed by atoms with E-state index < -0.39 is 0 Å². The molecule has 0 fully saturated rings. The molecule has 2 aromatic rings. The Hall–Kier alpha value is -1.72. The van der Waals surface area contributed by atoms with E-state index in [2.05, 4.69) is 10.5 Å². The van der Waals surface area contributed by atoms with Crippen molar-refractivity contribution in [1.82, 2.24) is 5.43 Å². The Kier molecular flexibility index (Phi) is 5.70. The molecule has 0 aliphatic rings. The van der Waals surface area contributed by atoms with Crippen LogP contribution in [0.5, 0.6) is 0 Å². The first-order chi connectivity index (χ1) is 9.75. The van der Waals surface area contributed by atoms with Gasteiger partial charge in [-0.25, -0.2) is 4.39 Å². The molecule has 0 atom stereocenters. The SMILES string of the molecule is Fc1ccccc1/C=N\NC(=S)SCc1ccccc1. The van der Waals surface area contributed by atoms with Crippen molar-refractivity contribution in [2.24, 2.45) is 5.10 Å². The van der Waals surface area contributed by atoms with Gasteiger partial charge in [-0.3, -0.25) is 5.43 Å². The van der Waals surface area contributed by atoms with Gasteiger partial charge in [-0.2, -0.15) is 5.10 Å². The topological polar surface area (TPSA) is 24.4 Å². The number of halogens is 1. The van der Waals surface area contributed by atoms with E-state index in [1.54, 1.807) is 18.2 Å². The summed E-state index contributed by atoms with van der Waals surface area (Å²) in [5.41, 5.74) is 4.35. The lowest BCUT2D eigenvalue weighted by Gasteiger charge is -2.02. The lowest BCUT2D eigenvalue weighted by molar-refractivity contribution is 0.626. The van der Waals surface area contributed by atoms with E-state index in [-0.39, 0.29) is 5.82 Å². The van der Waals surface area contributed by atoms with Gasteiger partial charge in [0.15, 0.2) is 4.32 Å². The van der Waals surface area contributed by atoms with Crippen LogP contribution in [0.2, 0.25) is 0 Å². The third kappa shape index (κ3) is 4.75. The molecule has 0 radical (unpaired) electrons. The van der Waals surface area contributed by atoms with Gasteiger partial charge < -0.3 is 0 Å². The van der Waals surface area contributed by atoms with Crippen LogP contribution >= 0.6 is 24.0 Å². The fraction of sp³-hybridized carbons (Fsp3) is 0.0667. The zero-order chi connectivity index (χ0) is 14.2. The molecule has 102 valence electrons. The molecular weight excluding hydrogens is 291 g/mol. The maximum Gasteiger partial charge on any atom is 0.154 e. The predicted octanol–water partition coefficient (Wildman–Crippen LogP) is 3.97. The molecule has 20 heavy (non-hydrogen) atoms. The van der Waals surface area contributed by atoms with E-state index in [1.165, 1.54) is 29.6 Å². The fourth-order valence-corrected chi connectivity index (χ4v) is 2.33. The first-order valence-corrected chi connectivity index (χ1v) is 7.39. The predicted molar refractivity (Wildman–Crippen MR) is 87.5 cm³/mol. The van der Waals surface area contributed by atoms with Crippen LogP contribution in [0.1, 0.15) is 11.1 Å². The van der Waals surface area contributed by atoms with Crippen molar-refractivity contribution in [2.45, 2.75) is 5.75 Å². The Bertz CT molecular complexity index is 600. The van der Waals surface area contributed by atoms with Gasteiger partial charge in [0.25, 0.3) is 0 Å². The second kappa shape index (κ2) is 7.77. The van der Waals surface area contributed by atoms with E-state index in [0.717, 1.165) is 5.75 Å². The van der Waals surface area contributed by atoms with Gasteiger partial charge in [-0.05, 0) is 11.6 Å². The number of thiocarbonyl (C=S) groups is 1. The van der Waals surface area contributed by atoms with Crippen LogP contribution in [0.4, 0.5) is 4.39 Å². The highest BCUT2D eigenvalue weighted by Gasteiger charge is 1.98. The van der Waals surface area contributed by atoms with E-state index in [1.807, 2.05) is 30.3 Å². The molecule has 1 N–H and O–H groups in total. The first kappa shape index (κ1) is 14.7. The number of hydrazone groups is 1. The number of nitrogens with one attached hydrogen (secondary N) is 1. The van der Waals surface area contributed by atoms with Gasteiger partial charge in [-0.15, -0.1) is 0 Å². The highest BCUT2D eigenvalue weighted by molar-refractivity contribution is 8.22. The molecule has 0 aromatic heterocycles. The van der Waals surface area contributed by atoms with E-state index in [4.69, 9.17) is 12.2 Å². The quantitative estimate of drug-likeness (QED) is 0.525. The molecule has 0 amide bonds. The normalized spacial score (nSPS) is 10.7. The van der Waals surface area contributed by atoms with Crippen LogP contribution in [-0.4, -0.2) is 10.5 Å². The maximum absolute atomic E-state index is 13.3. The Morgan fingerprint density at radius 3 is 2.60 bits per heavy atom. The largest absolute Gasteiger partial charge is 0.262 e. The summed E-state index contributed by atoms with van der Waals surface area (Å²) in [7, 11) is 0. The Morgan fingerprint density at radius 2 is 1.85 bits per heavy atom. The lowest BCUT2D eigenvalue weighted by atomic mass is 10.2. The molecule has 0 aliphatic carbocycles. The molecule has 0 heterocycles. The van der Waals surface area contributed by atoms with E-state index in [9.17, 15) is 4.39 Å². The molecule has 0 spiro atoms. The number of nitrogens with zero attached hydrogens (tertiary/aromatic N) is 1. The molecule has 2 rings (SSSR count). The van der Waals surface area contributed by atoms with E-state index in [0.29, 0.717) is 9.88 Å². The van der Waals surface area contributed by atoms with Gasteiger partial charge in [0.05, 0.1) is 6.21 Å². The standard InChI is InChI=1S/C15H13FN2S2/c16-14-9-5-4-8-13(14)10-17-18-15(19)20-11-12-6-2-1-3-7-12/h1-10H,11H2,(H,18,19)/b17-10-. The zero-order valence-corrected chi connectivity index (χ0v) is 12.3. The number of hydrogen-bond donors (Lipinski definition) is 1. The average Bonchev–Trinajstić information content (AvgIpc) is 2.48.